The molecule has 0 unspecified atom stereocenters. The first kappa shape index (κ1) is 26.0. The Hall–Kier alpha value is -4.96. The van der Waals surface area contributed by atoms with Gasteiger partial charge in [0.1, 0.15) is 5.54 Å². The summed E-state index contributed by atoms with van der Waals surface area (Å²) in [6.45, 7) is 4.08. The second kappa shape index (κ2) is 9.85. The quantitative estimate of drug-likeness (QED) is 0.168. The molecule has 1 saturated heterocycles. The number of hydrogen-bond donors (Lipinski definition) is 0. The Balaban J connectivity index is 1.62. The predicted octanol–water partition coefficient (Wildman–Crippen LogP) is 7.57. The summed E-state index contributed by atoms with van der Waals surface area (Å²) in [5, 5.41) is 0. The summed E-state index contributed by atoms with van der Waals surface area (Å²) in [5.41, 5.74) is 4.71. The first-order chi connectivity index (χ1) is 20.5. The molecule has 4 nitrogen and oxygen atoms in total. The Morgan fingerprint density at radius 3 is 1.67 bits per heavy atom. The van der Waals surface area contributed by atoms with Crippen LogP contribution in [0.3, 0.4) is 0 Å². The average molecular weight is 550 g/mol. The van der Waals surface area contributed by atoms with E-state index in [0.717, 1.165) is 44.6 Å². The molecule has 5 aromatic rings. The molecule has 5 aromatic carbocycles. The standard InChI is InChI=1S/C38H31NO3/c1-26-23-27(2)35-33(24-26)38(32(25-34(40)42-38)28-15-7-3-8-16-28)36(41)39(35)37(29-17-9-4-10-18-29,30-19-11-5-12-20-30)31-21-13-6-14-22-31/h3-24,32H,25H2,1-2H3/t32-,38+/m0/s1. The highest BCUT2D eigenvalue weighted by Gasteiger charge is 2.67. The van der Waals surface area contributed by atoms with E-state index in [0.29, 0.717) is 0 Å². The average Bonchev–Trinajstić information content (AvgIpc) is 3.50. The molecule has 1 fully saturated rings. The van der Waals surface area contributed by atoms with Gasteiger partial charge in [-0.2, -0.15) is 0 Å². The number of carbonyl (C=O) groups is 2. The van der Waals surface area contributed by atoms with Gasteiger partial charge in [0.25, 0.3) is 5.91 Å². The molecule has 1 amide bonds. The van der Waals surface area contributed by atoms with E-state index in [-0.39, 0.29) is 18.3 Å². The number of benzene rings is 5. The van der Waals surface area contributed by atoms with Crippen LogP contribution in [0, 0.1) is 13.8 Å². The van der Waals surface area contributed by atoms with Gasteiger partial charge in [0, 0.05) is 11.5 Å². The molecule has 0 bridgehead atoms. The van der Waals surface area contributed by atoms with Gasteiger partial charge in [-0.25, -0.2) is 0 Å². The van der Waals surface area contributed by atoms with Gasteiger partial charge in [0.15, 0.2) is 0 Å². The molecule has 2 heterocycles. The highest BCUT2D eigenvalue weighted by Crippen LogP contribution is 2.60. The molecule has 1 spiro atoms. The molecular weight excluding hydrogens is 518 g/mol. The largest absolute Gasteiger partial charge is 0.443 e. The van der Waals surface area contributed by atoms with Crippen LogP contribution in [0.25, 0.3) is 0 Å². The molecule has 42 heavy (non-hydrogen) atoms. The Kier molecular flexibility index (Phi) is 6.09. The van der Waals surface area contributed by atoms with Crippen LogP contribution >= 0.6 is 0 Å². The van der Waals surface area contributed by atoms with Gasteiger partial charge in [-0.3, -0.25) is 14.5 Å². The maximum atomic E-state index is 15.6. The Bertz CT molecular complexity index is 1690. The minimum Gasteiger partial charge on any atom is -0.443 e. The van der Waals surface area contributed by atoms with E-state index < -0.39 is 17.1 Å². The van der Waals surface area contributed by atoms with Gasteiger partial charge < -0.3 is 4.74 Å². The number of fused-ring (bicyclic) bond motifs is 2. The predicted molar refractivity (Wildman–Crippen MR) is 164 cm³/mol. The third kappa shape index (κ3) is 3.61. The minimum atomic E-state index is -1.49. The highest BCUT2D eigenvalue weighted by atomic mass is 16.6. The lowest BCUT2D eigenvalue weighted by Crippen LogP contribution is -2.54. The number of hydrogen-bond acceptors (Lipinski definition) is 3. The molecule has 2 aliphatic heterocycles. The zero-order valence-electron chi connectivity index (χ0n) is 23.7. The fourth-order valence-corrected chi connectivity index (χ4v) is 7.24. The zero-order valence-corrected chi connectivity index (χ0v) is 23.7. The van der Waals surface area contributed by atoms with E-state index in [1.54, 1.807) is 0 Å². The SMILES string of the molecule is Cc1cc(C)c2c(c1)[C@@]1(OC(=O)C[C@H]1c1ccccc1)C(=O)N2C(c1ccccc1)(c1ccccc1)c1ccccc1. The molecule has 2 aliphatic rings. The summed E-state index contributed by atoms with van der Waals surface area (Å²) in [5.74, 6) is -1.07. The number of nitrogens with zero attached hydrogens (tertiary/aromatic N) is 1. The minimum absolute atomic E-state index is 0.130. The van der Waals surface area contributed by atoms with Crippen molar-refractivity contribution in [2.75, 3.05) is 4.90 Å². The molecule has 7 rings (SSSR count). The van der Waals surface area contributed by atoms with Crippen LogP contribution in [0.4, 0.5) is 5.69 Å². The van der Waals surface area contributed by atoms with Crippen LogP contribution < -0.4 is 4.90 Å². The molecule has 2 atom stereocenters. The van der Waals surface area contributed by atoms with Crippen LogP contribution in [0.2, 0.25) is 0 Å². The van der Waals surface area contributed by atoms with Gasteiger partial charge in [-0.1, -0.05) is 133 Å². The van der Waals surface area contributed by atoms with E-state index in [9.17, 15) is 4.79 Å². The molecule has 0 saturated carbocycles. The fraction of sp³-hybridized carbons (Fsp3) is 0.158. The number of amides is 1. The van der Waals surface area contributed by atoms with Crippen molar-refractivity contribution in [3.63, 3.8) is 0 Å². The Morgan fingerprint density at radius 1 is 0.690 bits per heavy atom. The normalized spacial score (nSPS) is 19.7. The van der Waals surface area contributed by atoms with Crippen molar-refractivity contribution >= 4 is 17.6 Å². The number of aryl methyl sites for hydroxylation is 2. The molecule has 0 aliphatic carbocycles. The Morgan fingerprint density at radius 2 is 1.17 bits per heavy atom. The second-order valence-corrected chi connectivity index (χ2v) is 11.3. The van der Waals surface area contributed by atoms with E-state index in [1.807, 2.05) is 110 Å². The summed E-state index contributed by atoms with van der Waals surface area (Å²) < 4.78 is 6.33. The summed E-state index contributed by atoms with van der Waals surface area (Å²) in [6.07, 6.45) is 0.130. The van der Waals surface area contributed by atoms with Crippen molar-refractivity contribution < 1.29 is 14.3 Å². The maximum Gasteiger partial charge on any atom is 0.308 e. The zero-order chi connectivity index (χ0) is 28.9. The number of anilines is 1. The lowest BCUT2D eigenvalue weighted by Gasteiger charge is -2.45. The maximum absolute atomic E-state index is 15.6. The van der Waals surface area contributed by atoms with Crippen molar-refractivity contribution in [2.24, 2.45) is 0 Å². The van der Waals surface area contributed by atoms with Crippen molar-refractivity contribution in [1.29, 1.82) is 0 Å². The van der Waals surface area contributed by atoms with Gasteiger partial charge in [0.2, 0.25) is 5.60 Å². The summed E-state index contributed by atoms with van der Waals surface area (Å²) >= 11 is 0. The van der Waals surface area contributed by atoms with E-state index >= 15 is 4.79 Å². The second-order valence-electron chi connectivity index (χ2n) is 11.3. The number of rotatable bonds is 5. The smallest absolute Gasteiger partial charge is 0.308 e. The van der Waals surface area contributed by atoms with Crippen LogP contribution in [0.15, 0.2) is 133 Å². The number of carbonyl (C=O) groups excluding carboxylic acids is 2. The van der Waals surface area contributed by atoms with Gasteiger partial charge in [-0.05, 0) is 47.7 Å². The van der Waals surface area contributed by atoms with Crippen molar-refractivity contribution in [3.8, 4) is 0 Å². The first-order valence-corrected chi connectivity index (χ1v) is 14.4. The molecule has 4 heteroatoms. The summed E-state index contributed by atoms with van der Waals surface area (Å²) in [4.78, 5) is 30.8. The van der Waals surface area contributed by atoms with Crippen LogP contribution in [0.5, 0.6) is 0 Å². The van der Waals surface area contributed by atoms with Crippen LogP contribution in [-0.4, -0.2) is 11.9 Å². The van der Waals surface area contributed by atoms with Crippen molar-refractivity contribution in [2.45, 2.75) is 37.3 Å². The third-order valence-electron chi connectivity index (χ3n) is 8.84. The fourth-order valence-electron chi connectivity index (χ4n) is 7.24. The van der Waals surface area contributed by atoms with E-state index in [4.69, 9.17) is 4.74 Å². The van der Waals surface area contributed by atoms with Crippen molar-refractivity contribution in [1.82, 2.24) is 0 Å². The topological polar surface area (TPSA) is 46.6 Å². The lowest BCUT2D eigenvalue weighted by atomic mass is 9.74. The van der Waals surface area contributed by atoms with E-state index in [1.165, 1.54) is 0 Å². The Labute approximate surface area is 246 Å². The summed E-state index contributed by atoms with van der Waals surface area (Å²) in [7, 11) is 0. The lowest BCUT2D eigenvalue weighted by molar-refractivity contribution is -0.158. The molecular formula is C38H31NO3. The molecule has 0 aromatic heterocycles. The van der Waals surface area contributed by atoms with Crippen LogP contribution in [-0.2, 0) is 25.5 Å². The molecule has 206 valence electrons. The highest BCUT2D eigenvalue weighted by molar-refractivity contribution is 6.12. The molecule has 0 radical (unpaired) electrons. The number of esters is 1. The van der Waals surface area contributed by atoms with Gasteiger partial charge >= 0.3 is 5.97 Å². The third-order valence-corrected chi connectivity index (χ3v) is 8.84. The van der Waals surface area contributed by atoms with E-state index in [2.05, 4.69) is 42.5 Å². The first-order valence-electron chi connectivity index (χ1n) is 14.4. The van der Waals surface area contributed by atoms with Gasteiger partial charge in [-0.15, -0.1) is 0 Å². The molecule has 0 N–H and O–H groups in total. The van der Waals surface area contributed by atoms with Crippen LogP contribution in [0.1, 0.15) is 51.3 Å². The number of ether oxygens (including phenoxy) is 1. The van der Waals surface area contributed by atoms with Gasteiger partial charge in [0.05, 0.1) is 12.1 Å². The summed E-state index contributed by atoms with van der Waals surface area (Å²) in [6, 6.07) is 44.5. The van der Waals surface area contributed by atoms with Crippen molar-refractivity contribution in [3.05, 3.63) is 172 Å². The monoisotopic (exact) mass is 549 g/mol.